The minimum atomic E-state index is 0.0396. The Morgan fingerprint density at radius 3 is 2.44 bits per heavy atom. The van der Waals surface area contributed by atoms with Crippen LogP contribution in [0.2, 0.25) is 0 Å². The summed E-state index contributed by atoms with van der Waals surface area (Å²) in [5.74, 6) is 1.73. The molecule has 0 N–H and O–H groups in total. The van der Waals surface area contributed by atoms with Crippen LogP contribution in [0.5, 0.6) is 5.75 Å². The summed E-state index contributed by atoms with van der Waals surface area (Å²) in [7, 11) is 0. The van der Waals surface area contributed by atoms with E-state index in [1.54, 1.807) is 0 Å². The number of carbonyl (C=O) groups is 1. The second kappa shape index (κ2) is 7.70. The third-order valence-corrected chi connectivity index (χ3v) is 4.53. The molecule has 0 atom stereocenters. The van der Waals surface area contributed by atoms with Gasteiger partial charge < -0.3 is 14.2 Å². The molecule has 134 valence electrons. The van der Waals surface area contributed by atoms with Crippen molar-refractivity contribution in [3.8, 4) is 5.75 Å². The van der Waals surface area contributed by atoms with Crippen LogP contribution in [0.3, 0.4) is 0 Å². The Labute approximate surface area is 148 Å². The number of benzene rings is 1. The maximum atomic E-state index is 12.4. The molecular weight excluding hydrogens is 318 g/mol. The van der Waals surface area contributed by atoms with E-state index in [9.17, 15) is 4.79 Å². The zero-order chi connectivity index (χ0) is 17.8. The lowest BCUT2D eigenvalue weighted by Crippen LogP contribution is -2.49. The van der Waals surface area contributed by atoms with Gasteiger partial charge in [0.25, 0.3) is 5.91 Å². The first-order chi connectivity index (χ1) is 12.0. The van der Waals surface area contributed by atoms with Crippen LogP contribution in [-0.4, -0.2) is 53.6 Å². The average Bonchev–Trinajstić information content (AvgIpc) is 3.00. The van der Waals surface area contributed by atoms with Crippen LogP contribution >= 0.6 is 0 Å². The lowest BCUT2D eigenvalue weighted by Gasteiger charge is -2.34. The SMILES string of the molecule is Cc1cc(CN2CCN(C(=O)COc3c(C)cccc3C)CC2)on1. The van der Waals surface area contributed by atoms with Crippen molar-refractivity contribution in [1.82, 2.24) is 15.0 Å². The number of ether oxygens (including phenoxy) is 1. The minimum Gasteiger partial charge on any atom is -0.483 e. The molecule has 1 aromatic heterocycles. The molecule has 3 rings (SSSR count). The van der Waals surface area contributed by atoms with Crippen molar-refractivity contribution in [3.05, 3.63) is 46.8 Å². The zero-order valence-corrected chi connectivity index (χ0v) is 15.1. The Hall–Kier alpha value is -2.34. The molecule has 1 aromatic carbocycles. The van der Waals surface area contributed by atoms with Gasteiger partial charge in [0, 0.05) is 32.2 Å². The van der Waals surface area contributed by atoms with Crippen molar-refractivity contribution >= 4 is 5.91 Å². The van der Waals surface area contributed by atoms with Gasteiger partial charge in [0.1, 0.15) is 5.75 Å². The van der Waals surface area contributed by atoms with Gasteiger partial charge in [0.05, 0.1) is 12.2 Å². The summed E-state index contributed by atoms with van der Waals surface area (Å²) in [4.78, 5) is 16.6. The number of aryl methyl sites for hydroxylation is 3. The quantitative estimate of drug-likeness (QED) is 0.834. The molecule has 2 heterocycles. The third kappa shape index (κ3) is 4.39. The number of carbonyl (C=O) groups excluding carboxylic acids is 1. The number of amides is 1. The molecule has 1 saturated heterocycles. The van der Waals surface area contributed by atoms with Crippen molar-refractivity contribution in [2.45, 2.75) is 27.3 Å². The Bertz CT molecular complexity index is 713. The monoisotopic (exact) mass is 343 g/mol. The van der Waals surface area contributed by atoms with E-state index in [0.717, 1.165) is 48.0 Å². The van der Waals surface area contributed by atoms with Gasteiger partial charge in [-0.2, -0.15) is 0 Å². The van der Waals surface area contributed by atoms with E-state index in [4.69, 9.17) is 9.26 Å². The summed E-state index contributed by atoms with van der Waals surface area (Å²) in [6.45, 7) is 9.82. The molecule has 0 spiro atoms. The van der Waals surface area contributed by atoms with Crippen LogP contribution in [0.4, 0.5) is 0 Å². The Morgan fingerprint density at radius 1 is 1.16 bits per heavy atom. The summed E-state index contributed by atoms with van der Waals surface area (Å²) in [6.07, 6.45) is 0. The lowest BCUT2D eigenvalue weighted by molar-refractivity contribution is -0.135. The fraction of sp³-hybridized carbons (Fsp3) is 0.474. The topological polar surface area (TPSA) is 58.8 Å². The number of para-hydroxylation sites is 1. The van der Waals surface area contributed by atoms with Crippen molar-refractivity contribution in [2.24, 2.45) is 0 Å². The maximum Gasteiger partial charge on any atom is 0.260 e. The normalized spacial score (nSPS) is 15.4. The van der Waals surface area contributed by atoms with E-state index in [1.807, 2.05) is 49.9 Å². The Morgan fingerprint density at radius 2 is 1.84 bits per heavy atom. The van der Waals surface area contributed by atoms with Crippen molar-refractivity contribution < 1.29 is 14.1 Å². The maximum absolute atomic E-state index is 12.4. The average molecular weight is 343 g/mol. The van der Waals surface area contributed by atoms with Gasteiger partial charge in [0.2, 0.25) is 0 Å². The van der Waals surface area contributed by atoms with Gasteiger partial charge >= 0.3 is 0 Å². The second-order valence-corrected chi connectivity index (χ2v) is 6.60. The molecule has 0 aliphatic carbocycles. The molecule has 1 fully saturated rings. The molecule has 25 heavy (non-hydrogen) atoms. The summed E-state index contributed by atoms with van der Waals surface area (Å²) >= 11 is 0. The number of piperazine rings is 1. The van der Waals surface area contributed by atoms with Crippen LogP contribution in [0.15, 0.2) is 28.8 Å². The predicted octanol–water partition coefficient (Wildman–Crippen LogP) is 2.32. The molecule has 0 bridgehead atoms. The first kappa shape index (κ1) is 17.5. The number of aromatic nitrogens is 1. The summed E-state index contributed by atoms with van der Waals surface area (Å²) in [5, 5.41) is 3.91. The molecule has 1 aliphatic heterocycles. The molecule has 1 aliphatic rings. The molecule has 6 nitrogen and oxygen atoms in total. The minimum absolute atomic E-state index is 0.0396. The fourth-order valence-corrected chi connectivity index (χ4v) is 3.12. The van der Waals surface area contributed by atoms with Gasteiger partial charge in [0.15, 0.2) is 12.4 Å². The number of hydrogen-bond acceptors (Lipinski definition) is 5. The molecule has 0 saturated carbocycles. The molecule has 2 aromatic rings. The highest BCUT2D eigenvalue weighted by molar-refractivity contribution is 5.78. The highest BCUT2D eigenvalue weighted by Crippen LogP contribution is 2.22. The van der Waals surface area contributed by atoms with Crippen LogP contribution in [0.25, 0.3) is 0 Å². The molecule has 0 unspecified atom stereocenters. The van der Waals surface area contributed by atoms with E-state index in [-0.39, 0.29) is 12.5 Å². The predicted molar refractivity (Wildman–Crippen MR) is 94.5 cm³/mol. The Kier molecular flexibility index (Phi) is 5.38. The zero-order valence-electron chi connectivity index (χ0n) is 15.1. The summed E-state index contributed by atoms with van der Waals surface area (Å²) in [6, 6.07) is 7.94. The van der Waals surface area contributed by atoms with Gasteiger partial charge in [-0.05, 0) is 31.9 Å². The van der Waals surface area contributed by atoms with Gasteiger partial charge in [-0.1, -0.05) is 23.4 Å². The first-order valence-corrected chi connectivity index (χ1v) is 8.64. The van der Waals surface area contributed by atoms with E-state index in [1.165, 1.54) is 0 Å². The largest absolute Gasteiger partial charge is 0.483 e. The van der Waals surface area contributed by atoms with E-state index in [0.29, 0.717) is 13.1 Å². The van der Waals surface area contributed by atoms with E-state index >= 15 is 0 Å². The van der Waals surface area contributed by atoms with Crippen molar-refractivity contribution in [3.63, 3.8) is 0 Å². The van der Waals surface area contributed by atoms with Crippen molar-refractivity contribution in [1.29, 1.82) is 0 Å². The number of nitrogens with zero attached hydrogens (tertiary/aromatic N) is 3. The summed E-state index contributed by atoms with van der Waals surface area (Å²) in [5.41, 5.74) is 3.01. The number of rotatable bonds is 5. The van der Waals surface area contributed by atoms with Crippen LogP contribution in [0.1, 0.15) is 22.6 Å². The second-order valence-electron chi connectivity index (χ2n) is 6.60. The standard InChI is InChI=1S/C19H25N3O3/c1-14-5-4-6-15(2)19(14)24-13-18(23)22-9-7-21(8-10-22)12-17-11-16(3)20-25-17/h4-6,11H,7-10,12-13H2,1-3H3. The highest BCUT2D eigenvalue weighted by Gasteiger charge is 2.22. The molecule has 1 amide bonds. The molecule has 0 radical (unpaired) electrons. The highest BCUT2D eigenvalue weighted by atomic mass is 16.5. The molecular formula is C19H25N3O3. The number of hydrogen-bond donors (Lipinski definition) is 0. The van der Waals surface area contributed by atoms with Crippen molar-refractivity contribution in [2.75, 3.05) is 32.8 Å². The van der Waals surface area contributed by atoms with Gasteiger partial charge in [-0.25, -0.2) is 0 Å². The van der Waals surface area contributed by atoms with Crippen LogP contribution in [0, 0.1) is 20.8 Å². The van der Waals surface area contributed by atoms with E-state index in [2.05, 4.69) is 10.1 Å². The Balaban J connectivity index is 1.47. The summed E-state index contributed by atoms with van der Waals surface area (Å²) < 4.78 is 11.0. The molecule has 6 heteroatoms. The van der Waals surface area contributed by atoms with Crippen LogP contribution < -0.4 is 4.74 Å². The van der Waals surface area contributed by atoms with E-state index < -0.39 is 0 Å². The smallest absolute Gasteiger partial charge is 0.260 e. The van der Waals surface area contributed by atoms with Crippen LogP contribution in [-0.2, 0) is 11.3 Å². The van der Waals surface area contributed by atoms with Gasteiger partial charge in [-0.15, -0.1) is 0 Å². The first-order valence-electron chi connectivity index (χ1n) is 8.64. The fourth-order valence-electron chi connectivity index (χ4n) is 3.12. The third-order valence-electron chi connectivity index (χ3n) is 4.53. The van der Waals surface area contributed by atoms with Gasteiger partial charge in [-0.3, -0.25) is 9.69 Å². The lowest BCUT2D eigenvalue weighted by atomic mass is 10.1.